The van der Waals surface area contributed by atoms with Crippen molar-refractivity contribution in [3.05, 3.63) is 38.8 Å². The fraction of sp³-hybridized carbons (Fsp3) is 0.100. The van der Waals surface area contributed by atoms with Gasteiger partial charge in [0.15, 0.2) is 0 Å². The fourth-order valence-electron chi connectivity index (χ4n) is 1.23. The van der Waals surface area contributed by atoms with Gasteiger partial charge in [-0.15, -0.1) is 0 Å². The topological polar surface area (TPSA) is 50.7 Å². The van der Waals surface area contributed by atoms with Crippen LogP contribution >= 0.6 is 39.1 Å². The number of aryl methyl sites for hydroxylation is 1. The molecule has 1 aromatic carbocycles. The quantitative estimate of drug-likeness (QED) is 0.902. The van der Waals surface area contributed by atoms with Gasteiger partial charge >= 0.3 is 0 Å². The van der Waals surface area contributed by atoms with E-state index in [1.165, 1.54) is 0 Å². The molecule has 0 aliphatic rings. The molecule has 0 bridgehead atoms. The van der Waals surface area contributed by atoms with Crippen LogP contribution in [-0.4, -0.2) is 15.0 Å². The van der Waals surface area contributed by atoms with E-state index in [0.717, 1.165) is 15.7 Å². The maximum absolute atomic E-state index is 5.68. The number of hydrogen-bond acceptors (Lipinski definition) is 4. The van der Waals surface area contributed by atoms with Crippen molar-refractivity contribution in [3.8, 4) is 0 Å². The molecule has 1 N–H and O–H groups in total. The zero-order chi connectivity index (χ0) is 12.4. The summed E-state index contributed by atoms with van der Waals surface area (Å²) in [6, 6.07) is 5.78. The molecule has 0 atom stereocenters. The molecule has 17 heavy (non-hydrogen) atoms. The molecule has 0 spiro atoms. The average molecular weight is 334 g/mol. The van der Waals surface area contributed by atoms with E-state index in [1.54, 1.807) is 0 Å². The van der Waals surface area contributed by atoms with Crippen LogP contribution in [0.3, 0.4) is 0 Å². The molecule has 88 valence electrons. The number of benzene rings is 1. The molecule has 2 rings (SSSR count). The molecule has 1 aromatic heterocycles. The van der Waals surface area contributed by atoms with Gasteiger partial charge in [-0.2, -0.15) is 15.0 Å². The molecule has 0 radical (unpaired) electrons. The van der Waals surface area contributed by atoms with Gasteiger partial charge in [-0.25, -0.2) is 0 Å². The lowest BCUT2D eigenvalue weighted by Gasteiger charge is -2.06. The fourth-order valence-corrected chi connectivity index (χ4v) is 1.84. The lowest BCUT2D eigenvalue weighted by Crippen LogP contribution is -1.99. The Morgan fingerprint density at radius 2 is 1.76 bits per heavy atom. The summed E-state index contributed by atoms with van der Waals surface area (Å²) in [7, 11) is 0. The highest BCUT2D eigenvalue weighted by Crippen LogP contribution is 2.22. The molecular formula is C10H7BrCl2N4. The first-order valence-corrected chi connectivity index (χ1v) is 6.20. The summed E-state index contributed by atoms with van der Waals surface area (Å²) in [6.45, 7) is 1.99. The van der Waals surface area contributed by atoms with Crippen molar-refractivity contribution >= 4 is 50.8 Å². The van der Waals surface area contributed by atoms with E-state index in [9.17, 15) is 0 Å². The molecule has 2 aromatic rings. The molecule has 0 aliphatic heterocycles. The summed E-state index contributed by atoms with van der Waals surface area (Å²) in [5.74, 6) is 0.316. The largest absolute Gasteiger partial charge is 0.324 e. The Morgan fingerprint density at radius 1 is 1.12 bits per heavy atom. The molecule has 0 saturated heterocycles. The van der Waals surface area contributed by atoms with Crippen LogP contribution in [-0.2, 0) is 0 Å². The summed E-state index contributed by atoms with van der Waals surface area (Å²) >= 11 is 14.8. The first kappa shape index (κ1) is 12.5. The Labute approximate surface area is 117 Å². The first-order chi connectivity index (χ1) is 8.04. The Morgan fingerprint density at radius 3 is 2.35 bits per heavy atom. The highest BCUT2D eigenvalue weighted by atomic mass is 79.9. The standard InChI is InChI=1S/C10H7BrCl2N4/c1-5-4-6(2-3-7(5)11)14-10-16-8(12)15-9(13)17-10/h2-4H,1H3,(H,14,15,16,17). The predicted octanol–water partition coefficient (Wildman–Crippen LogP) is 3.99. The van der Waals surface area contributed by atoms with Crippen LogP contribution in [0.25, 0.3) is 0 Å². The second-order valence-electron chi connectivity index (χ2n) is 3.29. The number of nitrogens with zero attached hydrogens (tertiary/aromatic N) is 3. The number of aromatic nitrogens is 3. The third-order valence-electron chi connectivity index (χ3n) is 1.99. The lowest BCUT2D eigenvalue weighted by molar-refractivity contribution is 1.05. The highest BCUT2D eigenvalue weighted by Gasteiger charge is 2.04. The third-order valence-corrected chi connectivity index (χ3v) is 3.22. The second-order valence-corrected chi connectivity index (χ2v) is 4.82. The maximum atomic E-state index is 5.68. The van der Waals surface area contributed by atoms with Gasteiger partial charge in [-0.05, 0) is 53.9 Å². The number of nitrogens with one attached hydrogen (secondary N) is 1. The van der Waals surface area contributed by atoms with Gasteiger partial charge in [0.2, 0.25) is 16.5 Å². The minimum Gasteiger partial charge on any atom is -0.324 e. The summed E-state index contributed by atoms with van der Waals surface area (Å²) in [5.41, 5.74) is 1.95. The van der Waals surface area contributed by atoms with Gasteiger partial charge in [0.05, 0.1) is 0 Å². The lowest BCUT2D eigenvalue weighted by atomic mass is 10.2. The van der Waals surface area contributed by atoms with Gasteiger partial charge in [-0.1, -0.05) is 15.9 Å². The van der Waals surface area contributed by atoms with Crippen LogP contribution in [0, 0.1) is 6.92 Å². The van der Waals surface area contributed by atoms with E-state index in [2.05, 4.69) is 36.2 Å². The van der Waals surface area contributed by atoms with Crippen molar-refractivity contribution < 1.29 is 0 Å². The first-order valence-electron chi connectivity index (χ1n) is 4.65. The van der Waals surface area contributed by atoms with Gasteiger partial charge in [-0.3, -0.25) is 0 Å². The zero-order valence-corrected chi connectivity index (χ0v) is 11.8. The summed E-state index contributed by atoms with van der Waals surface area (Å²) in [6.07, 6.45) is 0. The van der Waals surface area contributed by atoms with Crippen LogP contribution in [0.5, 0.6) is 0 Å². The minimum absolute atomic E-state index is 0.0568. The molecule has 0 aliphatic carbocycles. The number of halogens is 3. The third kappa shape index (κ3) is 3.28. The van der Waals surface area contributed by atoms with E-state index in [-0.39, 0.29) is 10.6 Å². The predicted molar refractivity (Wildman–Crippen MR) is 72.0 cm³/mol. The number of anilines is 2. The SMILES string of the molecule is Cc1cc(Nc2nc(Cl)nc(Cl)n2)ccc1Br. The van der Waals surface area contributed by atoms with Crippen LogP contribution in [0.15, 0.2) is 22.7 Å². The van der Waals surface area contributed by atoms with E-state index >= 15 is 0 Å². The van der Waals surface area contributed by atoms with Gasteiger partial charge in [0, 0.05) is 10.2 Å². The van der Waals surface area contributed by atoms with Crippen molar-refractivity contribution in [3.63, 3.8) is 0 Å². The Hall–Kier alpha value is -0.910. The van der Waals surface area contributed by atoms with Gasteiger partial charge in [0.25, 0.3) is 0 Å². The van der Waals surface area contributed by atoms with E-state index in [4.69, 9.17) is 23.2 Å². The highest BCUT2D eigenvalue weighted by molar-refractivity contribution is 9.10. The van der Waals surface area contributed by atoms with Gasteiger partial charge in [0.1, 0.15) is 0 Å². The summed E-state index contributed by atoms with van der Waals surface area (Å²) in [5, 5.41) is 3.12. The molecule has 4 nitrogen and oxygen atoms in total. The van der Waals surface area contributed by atoms with Crippen LogP contribution in [0.1, 0.15) is 5.56 Å². The van der Waals surface area contributed by atoms with Crippen molar-refractivity contribution in [2.45, 2.75) is 6.92 Å². The Balaban J connectivity index is 2.28. The van der Waals surface area contributed by atoms with E-state index < -0.39 is 0 Å². The van der Waals surface area contributed by atoms with Crippen molar-refractivity contribution in [2.75, 3.05) is 5.32 Å². The molecule has 1 heterocycles. The van der Waals surface area contributed by atoms with Crippen LogP contribution in [0.4, 0.5) is 11.6 Å². The molecule has 0 saturated carbocycles. The smallest absolute Gasteiger partial charge is 0.232 e. The van der Waals surface area contributed by atoms with Crippen LogP contribution in [0.2, 0.25) is 10.6 Å². The van der Waals surface area contributed by atoms with E-state index in [0.29, 0.717) is 5.95 Å². The van der Waals surface area contributed by atoms with Crippen molar-refractivity contribution in [2.24, 2.45) is 0 Å². The molecular weight excluding hydrogens is 327 g/mol. The maximum Gasteiger partial charge on any atom is 0.232 e. The summed E-state index contributed by atoms with van der Waals surface area (Å²) in [4.78, 5) is 11.5. The van der Waals surface area contributed by atoms with E-state index in [1.807, 2.05) is 25.1 Å². The molecule has 7 heteroatoms. The Kier molecular flexibility index (Phi) is 3.81. The second kappa shape index (κ2) is 5.16. The van der Waals surface area contributed by atoms with Gasteiger partial charge < -0.3 is 5.32 Å². The zero-order valence-electron chi connectivity index (χ0n) is 8.71. The molecule has 0 amide bonds. The number of rotatable bonds is 2. The minimum atomic E-state index is 0.0568. The number of hydrogen-bond donors (Lipinski definition) is 1. The summed E-state index contributed by atoms with van der Waals surface area (Å²) < 4.78 is 1.04. The van der Waals surface area contributed by atoms with Crippen molar-refractivity contribution in [1.29, 1.82) is 0 Å². The monoisotopic (exact) mass is 332 g/mol. The van der Waals surface area contributed by atoms with Crippen molar-refractivity contribution in [1.82, 2.24) is 15.0 Å². The van der Waals surface area contributed by atoms with Crippen LogP contribution < -0.4 is 5.32 Å². The molecule has 0 fully saturated rings. The molecule has 0 unspecified atom stereocenters. The normalized spacial score (nSPS) is 10.4. The Bertz CT molecular complexity index is 542. The average Bonchev–Trinajstić information content (AvgIpc) is 2.22.